The molecule has 3 heterocycles. The molecule has 0 unspecified atom stereocenters. The summed E-state index contributed by atoms with van der Waals surface area (Å²) in [7, 11) is 0. The van der Waals surface area contributed by atoms with Crippen LogP contribution in [-0.2, 0) is 9.59 Å². The molecule has 198 valence electrons. The summed E-state index contributed by atoms with van der Waals surface area (Å²) in [6, 6.07) is 18.3. The van der Waals surface area contributed by atoms with Crippen LogP contribution in [0.25, 0.3) is 6.08 Å². The van der Waals surface area contributed by atoms with Crippen LogP contribution in [0, 0.1) is 11.8 Å². The largest absolute Gasteiger partial charge is 0.494 e. The quantitative estimate of drug-likeness (QED) is 0.174. The minimum atomic E-state index is -0.843. The van der Waals surface area contributed by atoms with Gasteiger partial charge in [0.2, 0.25) is 11.8 Å². The number of unbranched alkanes of at least 4 members (excludes halogenated alkanes) is 1. The molecule has 3 aromatic carbocycles. The van der Waals surface area contributed by atoms with Crippen molar-refractivity contribution >= 4 is 62.6 Å². The monoisotopic (exact) mass is 604 g/mol. The van der Waals surface area contributed by atoms with Crippen LogP contribution in [0.1, 0.15) is 35.7 Å². The van der Waals surface area contributed by atoms with Gasteiger partial charge >= 0.3 is 0 Å². The van der Waals surface area contributed by atoms with E-state index in [0.717, 1.165) is 28.6 Å². The van der Waals surface area contributed by atoms with E-state index in [1.807, 2.05) is 29.2 Å². The lowest BCUT2D eigenvalue weighted by molar-refractivity contribution is -0.122. The first-order valence-electron chi connectivity index (χ1n) is 13.1. The zero-order valence-electron chi connectivity index (χ0n) is 21.2. The van der Waals surface area contributed by atoms with Gasteiger partial charge in [-0.3, -0.25) is 14.4 Å². The molecule has 2 amide bonds. The third kappa shape index (κ3) is 4.38. The number of hydrogen-bond acceptors (Lipinski definition) is 5. The Balaban J connectivity index is 1.39. The second-order valence-electron chi connectivity index (χ2n) is 10.0. The molecule has 6 nitrogen and oxygen atoms in total. The Morgan fingerprint density at radius 1 is 0.974 bits per heavy atom. The summed E-state index contributed by atoms with van der Waals surface area (Å²) >= 11 is 9.68. The van der Waals surface area contributed by atoms with E-state index in [2.05, 4.69) is 22.9 Å². The highest BCUT2D eigenvalue weighted by Gasteiger charge is 2.64. The zero-order chi connectivity index (χ0) is 27.3. The van der Waals surface area contributed by atoms with Crippen LogP contribution in [-0.4, -0.2) is 36.3 Å². The lowest BCUT2D eigenvalue weighted by Gasteiger charge is -2.36. The highest BCUT2D eigenvalue weighted by atomic mass is 79.9. The van der Waals surface area contributed by atoms with E-state index in [-0.39, 0.29) is 17.6 Å². The van der Waals surface area contributed by atoms with Crippen LogP contribution in [0.15, 0.2) is 77.3 Å². The number of amides is 2. The number of hydrogen-bond donors (Lipinski definition) is 0. The van der Waals surface area contributed by atoms with Gasteiger partial charge in [0, 0.05) is 20.7 Å². The molecular formula is C31H26BrClN2O4. The van der Waals surface area contributed by atoms with E-state index in [1.165, 1.54) is 4.90 Å². The van der Waals surface area contributed by atoms with Crippen LogP contribution in [0.2, 0.25) is 5.02 Å². The van der Waals surface area contributed by atoms with Crippen LogP contribution in [0.4, 0.5) is 11.4 Å². The maximum atomic E-state index is 14.1. The highest BCUT2D eigenvalue weighted by molar-refractivity contribution is 9.10. The molecule has 4 atom stereocenters. The summed E-state index contributed by atoms with van der Waals surface area (Å²) in [6.45, 7) is 2.71. The van der Waals surface area contributed by atoms with Crippen molar-refractivity contribution in [2.45, 2.75) is 31.8 Å². The van der Waals surface area contributed by atoms with E-state index in [4.69, 9.17) is 16.3 Å². The fourth-order valence-corrected chi connectivity index (χ4v) is 6.35. The van der Waals surface area contributed by atoms with Gasteiger partial charge in [0.05, 0.1) is 30.2 Å². The predicted molar refractivity (Wildman–Crippen MR) is 155 cm³/mol. The van der Waals surface area contributed by atoms with Crippen molar-refractivity contribution in [1.29, 1.82) is 0 Å². The molecule has 0 aliphatic carbocycles. The van der Waals surface area contributed by atoms with Gasteiger partial charge in [-0.15, -0.1) is 0 Å². The number of halogens is 2. The second-order valence-corrected chi connectivity index (χ2v) is 11.4. The van der Waals surface area contributed by atoms with Crippen molar-refractivity contribution in [3.05, 3.63) is 93.4 Å². The average molecular weight is 606 g/mol. The van der Waals surface area contributed by atoms with Crippen molar-refractivity contribution in [3.63, 3.8) is 0 Å². The fraction of sp³-hybridized carbons (Fsp3) is 0.258. The Morgan fingerprint density at radius 3 is 2.41 bits per heavy atom. The molecule has 8 heteroatoms. The normalized spacial score (nSPS) is 23.1. The molecule has 2 saturated heterocycles. The summed E-state index contributed by atoms with van der Waals surface area (Å²) in [6.07, 6.45) is 5.82. The molecule has 3 aromatic rings. The van der Waals surface area contributed by atoms with Gasteiger partial charge in [-0.25, -0.2) is 4.90 Å². The Labute approximate surface area is 240 Å². The maximum absolute atomic E-state index is 14.1. The first kappa shape index (κ1) is 25.8. The molecule has 3 aliphatic rings. The smallest absolute Gasteiger partial charge is 0.240 e. The number of nitrogens with zero attached hydrogens (tertiary/aromatic N) is 2. The predicted octanol–water partition coefficient (Wildman–Crippen LogP) is 6.55. The van der Waals surface area contributed by atoms with E-state index in [1.54, 1.807) is 54.6 Å². The molecule has 6 rings (SSSR count). The topological polar surface area (TPSA) is 66.9 Å². The first-order valence-corrected chi connectivity index (χ1v) is 14.2. The van der Waals surface area contributed by atoms with Gasteiger partial charge in [-0.2, -0.15) is 0 Å². The fourth-order valence-electron chi connectivity index (χ4n) is 5.91. The van der Waals surface area contributed by atoms with Crippen LogP contribution < -0.4 is 14.5 Å². The number of ether oxygens (including phenoxy) is 1. The van der Waals surface area contributed by atoms with Crippen LogP contribution in [0.3, 0.4) is 0 Å². The van der Waals surface area contributed by atoms with Gasteiger partial charge in [0.15, 0.2) is 5.78 Å². The summed E-state index contributed by atoms with van der Waals surface area (Å²) in [5.74, 6) is -1.69. The van der Waals surface area contributed by atoms with Crippen molar-refractivity contribution in [2.75, 3.05) is 16.4 Å². The van der Waals surface area contributed by atoms with E-state index < -0.39 is 23.9 Å². The van der Waals surface area contributed by atoms with Crippen molar-refractivity contribution in [1.82, 2.24) is 0 Å². The number of carbonyl (C=O) groups excluding carboxylic acids is 3. The second kappa shape index (κ2) is 10.3. The number of anilines is 2. The van der Waals surface area contributed by atoms with E-state index in [0.29, 0.717) is 28.6 Å². The minimum Gasteiger partial charge on any atom is -0.494 e. The molecule has 0 saturated carbocycles. The van der Waals surface area contributed by atoms with Crippen molar-refractivity contribution in [3.8, 4) is 5.75 Å². The molecule has 3 aliphatic heterocycles. The number of benzene rings is 3. The molecule has 0 radical (unpaired) electrons. The summed E-state index contributed by atoms with van der Waals surface area (Å²) < 4.78 is 6.60. The third-order valence-corrected chi connectivity index (χ3v) is 8.49. The molecule has 0 spiro atoms. The minimum absolute atomic E-state index is 0.195. The van der Waals surface area contributed by atoms with Gasteiger partial charge in [-0.05, 0) is 66.6 Å². The molecule has 0 bridgehead atoms. The summed E-state index contributed by atoms with van der Waals surface area (Å²) in [5, 5.41) is 0.576. The number of fused-ring (bicyclic) bond motifs is 5. The molecule has 0 aromatic heterocycles. The van der Waals surface area contributed by atoms with Gasteiger partial charge < -0.3 is 9.64 Å². The van der Waals surface area contributed by atoms with Crippen LogP contribution in [0.5, 0.6) is 5.75 Å². The number of carbonyl (C=O) groups is 3. The summed E-state index contributed by atoms with van der Waals surface area (Å²) in [4.78, 5) is 45.3. The van der Waals surface area contributed by atoms with E-state index >= 15 is 0 Å². The molecule has 2 fully saturated rings. The standard InChI is InChI=1S/C31H26BrClN2O4/c1-2-3-16-39-23-12-10-22(11-13-23)34-30(37)26-25-14-6-19-17-21(33)9-15-24(19)35(25)28(27(26)31(34)38)29(36)18-4-7-20(32)8-5-18/h4-15,17,25-28H,2-3,16H2,1H3/t25-,26-,27-,28-/m0/s1. The molecule has 39 heavy (non-hydrogen) atoms. The molecular weight excluding hydrogens is 580 g/mol. The van der Waals surface area contributed by atoms with Gasteiger partial charge in [-0.1, -0.05) is 65.2 Å². The zero-order valence-corrected chi connectivity index (χ0v) is 23.6. The van der Waals surface area contributed by atoms with Crippen LogP contribution >= 0.6 is 27.5 Å². The lowest BCUT2D eigenvalue weighted by atomic mass is 9.86. The van der Waals surface area contributed by atoms with E-state index in [9.17, 15) is 14.4 Å². The Hall–Kier alpha value is -3.42. The third-order valence-electron chi connectivity index (χ3n) is 7.73. The Morgan fingerprint density at radius 2 is 1.69 bits per heavy atom. The highest BCUT2D eigenvalue weighted by Crippen LogP contribution is 2.50. The number of Topliss-reactive ketones (excluding diaryl/α,β-unsaturated/α-hetero) is 1. The Bertz CT molecular complexity index is 1490. The Kier molecular flexibility index (Phi) is 6.81. The number of ketones is 1. The number of imide groups is 1. The number of rotatable bonds is 7. The SMILES string of the molecule is CCCCOc1ccc(N2C(=O)[C@@H]3[C@H](C2=O)[C@@H](C(=O)c2ccc(Br)cc2)N2c4ccc(Cl)cc4C=C[C@@H]32)cc1. The summed E-state index contributed by atoms with van der Waals surface area (Å²) in [5.41, 5.74) is 2.61. The van der Waals surface area contributed by atoms with Crippen molar-refractivity contribution in [2.24, 2.45) is 11.8 Å². The average Bonchev–Trinajstić information content (AvgIpc) is 3.41. The van der Waals surface area contributed by atoms with Gasteiger partial charge in [0.1, 0.15) is 11.8 Å². The lowest BCUT2D eigenvalue weighted by Crippen LogP contribution is -2.48. The molecule has 0 N–H and O–H groups in total. The van der Waals surface area contributed by atoms with Gasteiger partial charge in [0.25, 0.3) is 0 Å². The first-order chi connectivity index (χ1) is 18.9. The van der Waals surface area contributed by atoms with Crippen molar-refractivity contribution < 1.29 is 19.1 Å². The maximum Gasteiger partial charge on any atom is 0.240 e.